The normalized spacial score (nSPS) is 18.5. The number of hydroxylamine groups is 1. The number of quaternary nitrogens is 1. The standard InChI is InChI=1S/C15H23ClN3O2/c1-12-4-5-13(10-14(12)16)18(21)15(20)11-19(3)8-6-17(2)7-9-19/h4-5,10,21H,6-9,11H2,1-3H3/q+1. The molecule has 1 fully saturated rings. The number of anilines is 1. The fourth-order valence-electron chi connectivity index (χ4n) is 2.46. The molecule has 0 aliphatic carbocycles. The number of rotatable bonds is 3. The summed E-state index contributed by atoms with van der Waals surface area (Å²) in [7, 11) is 4.14. The lowest BCUT2D eigenvalue weighted by Gasteiger charge is -2.40. The Balaban J connectivity index is 2.03. The maximum absolute atomic E-state index is 12.3. The van der Waals surface area contributed by atoms with Crippen LogP contribution in [-0.4, -0.2) is 67.3 Å². The van der Waals surface area contributed by atoms with Crippen LogP contribution in [0.3, 0.4) is 0 Å². The summed E-state index contributed by atoms with van der Waals surface area (Å²) >= 11 is 6.04. The third-order valence-electron chi connectivity index (χ3n) is 4.20. The third kappa shape index (κ3) is 3.95. The lowest BCUT2D eigenvalue weighted by molar-refractivity contribution is -0.906. The first-order valence-electron chi connectivity index (χ1n) is 7.11. The number of carbonyl (C=O) groups excluding carboxylic acids is 1. The number of hydrogen-bond donors (Lipinski definition) is 1. The van der Waals surface area contributed by atoms with E-state index in [0.717, 1.165) is 31.7 Å². The third-order valence-corrected chi connectivity index (χ3v) is 4.60. The van der Waals surface area contributed by atoms with Crippen molar-refractivity contribution in [1.29, 1.82) is 0 Å². The van der Waals surface area contributed by atoms with Gasteiger partial charge >= 0.3 is 5.91 Å². The number of aryl methyl sites for hydroxylation is 1. The molecule has 1 saturated heterocycles. The highest BCUT2D eigenvalue weighted by atomic mass is 35.5. The topological polar surface area (TPSA) is 43.8 Å². The van der Waals surface area contributed by atoms with E-state index >= 15 is 0 Å². The lowest BCUT2D eigenvalue weighted by atomic mass is 10.2. The highest BCUT2D eigenvalue weighted by molar-refractivity contribution is 6.31. The Kier molecular flexibility index (Phi) is 4.88. The molecule has 1 aromatic carbocycles. The number of hydrogen-bond acceptors (Lipinski definition) is 3. The first-order chi connectivity index (χ1) is 9.81. The molecule has 0 atom stereocenters. The molecule has 0 aromatic heterocycles. The second-order valence-corrected chi connectivity index (χ2v) is 6.57. The van der Waals surface area contributed by atoms with Crippen LogP contribution in [-0.2, 0) is 4.79 Å². The average Bonchev–Trinajstić information content (AvgIpc) is 2.44. The number of likely N-dealkylation sites (N-methyl/N-ethyl adjacent to an activating group) is 2. The van der Waals surface area contributed by atoms with Crippen LogP contribution in [0, 0.1) is 6.92 Å². The molecular formula is C15H23ClN3O2+. The molecule has 5 nitrogen and oxygen atoms in total. The molecule has 21 heavy (non-hydrogen) atoms. The second kappa shape index (κ2) is 6.32. The minimum absolute atomic E-state index is 0.288. The van der Waals surface area contributed by atoms with Crippen molar-refractivity contribution in [2.75, 3.05) is 51.9 Å². The van der Waals surface area contributed by atoms with Gasteiger partial charge in [-0.1, -0.05) is 17.7 Å². The van der Waals surface area contributed by atoms with Crippen LogP contribution < -0.4 is 5.06 Å². The number of benzene rings is 1. The molecule has 1 aromatic rings. The van der Waals surface area contributed by atoms with Crippen molar-refractivity contribution in [3.8, 4) is 0 Å². The summed E-state index contributed by atoms with van der Waals surface area (Å²) in [6, 6.07) is 5.10. The Morgan fingerprint density at radius 2 is 2.05 bits per heavy atom. The van der Waals surface area contributed by atoms with Crippen LogP contribution in [0.2, 0.25) is 5.02 Å². The zero-order valence-corrected chi connectivity index (χ0v) is 13.6. The van der Waals surface area contributed by atoms with Crippen LogP contribution >= 0.6 is 11.6 Å². The molecule has 6 heteroatoms. The van der Waals surface area contributed by atoms with Crippen molar-refractivity contribution in [2.45, 2.75) is 6.92 Å². The van der Waals surface area contributed by atoms with Gasteiger partial charge in [0.15, 0.2) is 6.54 Å². The van der Waals surface area contributed by atoms with E-state index < -0.39 is 0 Å². The van der Waals surface area contributed by atoms with Crippen molar-refractivity contribution in [1.82, 2.24) is 4.90 Å². The molecule has 1 amide bonds. The summed E-state index contributed by atoms with van der Waals surface area (Å²) in [5.74, 6) is -0.304. The molecule has 0 saturated carbocycles. The summed E-state index contributed by atoms with van der Waals surface area (Å²) in [6.07, 6.45) is 0. The molecule has 1 N–H and O–H groups in total. The summed E-state index contributed by atoms with van der Waals surface area (Å²) in [5.41, 5.74) is 1.33. The SMILES string of the molecule is Cc1ccc(N(O)C(=O)C[N+]2(C)CCN(C)CC2)cc1Cl. The maximum Gasteiger partial charge on any atom is 0.305 e. The van der Waals surface area contributed by atoms with Crippen molar-refractivity contribution in [2.24, 2.45) is 0 Å². The minimum atomic E-state index is -0.304. The van der Waals surface area contributed by atoms with E-state index in [1.165, 1.54) is 0 Å². The van der Waals surface area contributed by atoms with Crippen LogP contribution in [0.5, 0.6) is 0 Å². The van der Waals surface area contributed by atoms with Gasteiger partial charge in [0.05, 0.1) is 25.8 Å². The largest absolute Gasteiger partial charge is 0.316 e. The van der Waals surface area contributed by atoms with Crippen LogP contribution in [0.1, 0.15) is 5.56 Å². The molecule has 0 spiro atoms. The van der Waals surface area contributed by atoms with E-state index in [4.69, 9.17) is 11.6 Å². The van der Waals surface area contributed by atoms with Gasteiger partial charge in [-0.05, 0) is 31.7 Å². The Labute approximate surface area is 130 Å². The molecular weight excluding hydrogens is 290 g/mol. The number of nitrogens with zero attached hydrogens (tertiary/aromatic N) is 3. The average molecular weight is 313 g/mol. The van der Waals surface area contributed by atoms with Crippen LogP contribution in [0.4, 0.5) is 5.69 Å². The number of halogens is 1. The van der Waals surface area contributed by atoms with E-state index in [0.29, 0.717) is 20.3 Å². The Hall–Kier alpha value is -1.14. The van der Waals surface area contributed by atoms with Crippen molar-refractivity contribution in [3.63, 3.8) is 0 Å². The smallest absolute Gasteiger partial charge is 0.305 e. The van der Waals surface area contributed by atoms with Crippen molar-refractivity contribution in [3.05, 3.63) is 28.8 Å². The maximum atomic E-state index is 12.3. The van der Waals surface area contributed by atoms with E-state index in [2.05, 4.69) is 19.0 Å². The Bertz CT molecular complexity index is 528. The Morgan fingerprint density at radius 1 is 1.43 bits per heavy atom. The molecule has 0 bridgehead atoms. The molecule has 116 valence electrons. The summed E-state index contributed by atoms with van der Waals surface area (Å²) in [5, 5.41) is 11.4. The highest BCUT2D eigenvalue weighted by Gasteiger charge is 2.31. The summed E-state index contributed by atoms with van der Waals surface area (Å²) < 4.78 is 0.653. The summed E-state index contributed by atoms with van der Waals surface area (Å²) in [4.78, 5) is 14.5. The van der Waals surface area contributed by atoms with Gasteiger partial charge in [-0.3, -0.25) is 14.9 Å². The predicted molar refractivity (Wildman–Crippen MR) is 83.7 cm³/mol. The van der Waals surface area contributed by atoms with Crippen LogP contribution in [0.15, 0.2) is 18.2 Å². The number of piperazine rings is 1. The molecule has 2 rings (SSSR count). The van der Waals surface area contributed by atoms with Gasteiger partial charge in [0.2, 0.25) is 0 Å². The first-order valence-corrected chi connectivity index (χ1v) is 7.49. The van der Waals surface area contributed by atoms with E-state index in [1.807, 2.05) is 6.92 Å². The minimum Gasteiger partial charge on any atom is -0.316 e. The van der Waals surface area contributed by atoms with E-state index in [1.54, 1.807) is 18.2 Å². The molecule has 1 aliphatic heterocycles. The quantitative estimate of drug-likeness (QED) is 0.525. The number of carbonyl (C=O) groups is 1. The molecule has 1 heterocycles. The van der Waals surface area contributed by atoms with Crippen molar-refractivity contribution < 1.29 is 14.5 Å². The second-order valence-electron chi connectivity index (χ2n) is 6.17. The van der Waals surface area contributed by atoms with Gasteiger partial charge in [0, 0.05) is 18.1 Å². The highest BCUT2D eigenvalue weighted by Crippen LogP contribution is 2.23. The lowest BCUT2D eigenvalue weighted by Crippen LogP contribution is -2.59. The van der Waals surface area contributed by atoms with E-state index in [-0.39, 0.29) is 12.5 Å². The fourth-order valence-corrected chi connectivity index (χ4v) is 2.63. The van der Waals surface area contributed by atoms with Crippen molar-refractivity contribution >= 4 is 23.2 Å². The number of amides is 1. The zero-order chi connectivity index (χ0) is 15.6. The molecule has 1 aliphatic rings. The van der Waals surface area contributed by atoms with E-state index in [9.17, 15) is 10.0 Å². The zero-order valence-electron chi connectivity index (χ0n) is 12.8. The fraction of sp³-hybridized carbons (Fsp3) is 0.533. The molecule has 0 radical (unpaired) electrons. The molecule has 0 unspecified atom stereocenters. The van der Waals surface area contributed by atoms with Crippen LogP contribution in [0.25, 0.3) is 0 Å². The van der Waals surface area contributed by atoms with Gasteiger partial charge in [-0.2, -0.15) is 5.06 Å². The van der Waals surface area contributed by atoms with Gasteiger partial charge in [0.25, 0.3) is 0 Å². The van der Waals surface area contributed by atoms with Gasteiger partial charge in [-0.25, -0.2) is 0 Å². The monoisotopic (exact) mass is 312 g/mol. The predicted octanol–water partition coefficient (Wildman–Crippen LogP) is 1.76. The Morgan fingerprint density at radius 3 is 2.62 bits per heavy atom. The summed E-state index contributed by atoms with van der Waals surface area (Å²) in [6.45, 7) is 5.91. The first kappa shape index (κ1) is 16.2. The van der Waals surface area contributed by atoms with Gasteiger partial charge in [-0.15, -0.1) is 0 Å². The van der Waals surface area contributed by atoms with Gasteiger partial charge < -0.3 is 4.48 Å². The van der Waals surface area contributed by atoms with Gasteiger partial charge in [0.1, 0.15) is 0 Å².